The first-order valence-corrected chi connectivity index (χ1v) is 9.07. The maximum absolute atomic E-state index is 12.3. The van der Waals surface area contributed by atoms with Crippen LogP contribution < -0.4 is 0 Å². The van der Waals surface area contributed by atoms with Gasteiger partial charge in [0.05, 0.1) is 24.8 Å². The van der Waals surface area contributed by atoms with Crippen LogP contribution in [0.25, 0.3) is 21.9 Å². The summed E-state index contributed by atoms with van der Waals surface area (Å²) in [6.07, 6.45) is 2.09. The van der Waals surface area contributed by atoms with Gasteiger partial charge in [-0.25, -0.2) is 0 Å². The SMILES string of the molecule is CCOC(=O)CC(c1c[nH]c2cc(O)ccc12)c1cccc2nsnc12. The summed E-state index contributed by atoms with van der Waals surface area (Å²) >= 11 is 1.16. The number of hydrogen-bond acceptors (Lipinski definition) is 6. The van der Waals surface area contributed by atoms with Gasteiger partial charge in [0.25, 0.3) is 0 Å². The van der Waals surface area contributed by atoms with Crippen LogP contribution in [0, 0.1) is 0 Å². The van der Waals surface area contributed by atoms with E-state index in [1.165, 1.54) is 0 Å². The Bertz CT molecular complexity index is 1090. The molecular formula is C19H17N3O3S. The number of phenolic OH excluding ortho intramolecular Hbond substituents is 1. The van der Waals surface area contributed by atoms with E-state index in [0.29, 0.717) is 6.61 Å². The molecule has 6 nitrogen and oxygen atoms in total. The topological polar surface area (TPSA) is 88.1 Å². The predicted molar refractivity (Wildman–Crippen MR) is 100 cm³/mol. The number of esters is 1. The van der Waals surface area contributed by atoms with Crippen LogP contribution in [-0.4, -0.2) is 31.4 Å². The second-order valence-corrected chi connectivity index (χ2v) is 6.54. The molecule has 4 aromatic rings. The maximum Gasteiger partial charge on any atom is 0.306 e. The fourth-order valence-electron chi connectivity index (χ4n) is 3.31. The highest BCUT2D eigenvalue weighted by Crippen LogP contribution is 2.37. The van der Waals surface area contributed by atoms with Crippen molar-refractivity contribution in [3.8, 4) is 5.75 Å². The lowest BCUT2D eigenvalue weighted by molar-refractivity contribution is -0.143. The van der Waals surface area contributed by atoms with Gasteiger partial charge >= 0.3 is 5.97 Å². The zero-order chi connectivity index (χ0) is 18.1. The molecule has 2 heterocycles. The highest BCUT2D eigenvalue weighted by Gasteiger charge is 2.25. The first-order valence-electron chi connectivity index (χ1n) is 8.34. The number of carbonyl (C=O) groups excluding carboxylic acids is 1. The number of nitrogens with one attached hydrogen (secondary N) is 1. The monoisotopic (exact) mass is 367 g/mol. The molecule has 2 N–H and O–H groups in total. The molecule has 1 atom stereocenters. The molecule has 0 spiro atoms. The first-order chi connectivity index (χ1) is 12.7. The number of rotatable bonds is 5. The standard InChI is InChI=1S/C19H17N3O3S/c1-2-25-18(24)9-14(13-4-3-5-16-19(13)22-26-21-16)15-10-20-17-8-11(23)6-7-12(15)17/h3-8,10,14,20,23H,2,9H2,1H3. The van der Waals surface area contributed by atoms with Crippen LogP contribution in [-0.2, 0) is 9.53 Å². The highest BCUT2D eigenvalue weighted by atomic mass is 32.1. The molecule has 0 radical (unpaired) electrons. The van der Waals surface area contributed by atoms with Gasteiger partial charge in [-0.1, -0.05) is 12.1 Å². The number of benzene rings is 2. The van der Waals surface area contributed by atoms with Gasteiger partial charge in [0.15, 0.2) is 0 Å². The van der Waals surface area contributed by atoms with E-state index < -0.39 is 0 Å². The number of phenols is 1. The molecule has 1 unspecified atom stereocenters. The van der Waals surface area contributed by atoms with Crippen molar-refractivity contribution in [1.82, 2.24) is 13.7 Å². The molecule has 0 aliphatic carbocycles. The van der Waals surface area contributed by atoms with Gasteiger partial charge in [-0.15, -0.1) is 0 Å². The fourth-order valence-corrected chi connectivity index (χ4v) is 3.86. The van der Waals surface area contributed by atoms with Crippen LogP contribution in [0.3, 0.4) is 0 Å². The molecular weight excluding hydrogens is 350 g/mol. The number of fused-ring (bicyclic) bond motifs is 2. The average molecular weight is 367 g/mol. The fraction of sp³-hybridized carbons (Fsp3) is 0.211. The van der Waals surface area contributed by atoms with E-state index in [1.54, 1.807) is 19.1 Å². The Kier molecular flexibility index (Phi) is 4.30. The zero-order valence-electron chi connectivity index (χ0n) is 14.1. The lowest BCUT2D eigenvalue weighted by Gasteiger charge is -2.17. The van der Waals surface area contributed by atoms with Crippen LogP contribution in [0.5, 0.6) is 5.75 Å². The van der Waals surface area contributed by atoms with Gasteiger partial charge in [-0.3, -0.25) is 4.79 Å². The molecule has 132 valence electrons. The largest absolute Gasteiger partial charge is 0.508 e. The summed E-state index contributed by atoms with van der Waals surface area (Å²) in [5.74, 6) is -0.288. The molecule has 0 amide bonds. The van der Waals surface area contributed by atoms with Gasteiger partial charge in [-0.05, 0) is 36.2 Å². The number of nitrogens with zero attached hydrogens (tertiary/aromatic N) is 2. The van der Waals surface area contributed by atoms with Crippen molar-refractivity contribution in [3.05, 3.63) is 53.7 Å². The highest BCUT2D eigenvalue weighted by molar-refractivity contribution is 7.00. The number of aromatic hydroxyl groups is 1. The van der Waals surface area contributed by atoms with E-state index in [9.17, 15) is 9.90 Å². The molecule has 0 aliphatic rings. The second-order valence-electron chi connectivity index (χ2n) is 6.01. The van der Waals surface area contributed by atoms with Crippen LogP contribution in [0.15, 0.2) is 42.6 Å². The van der Waals surface area contributed by atoms with E-state index >= 15 is 0 Å². The van der Waals surface area contributed by atoms with Gasteiger partial charge in [0.2, 0.25) is 0 Å². The molecule has 0 bridgehead atoms. The Morgan fingerprint density at radius 3 is 3.00 bits per heavy atom. The van der Waals surface area contributed by atoms with E-state index in [2.05, 4.69) is 13.7 Å². The van der Waals surface area contributed by atoms with Gasteiger partial charge < -0.3 is 14.8 Å². The minimum Gasteiger partial charge on any atom is -0.508 e. The Balaban J connectivity index is 1.87. The van der Waals surface area contributed by atoms with Gasteiger partial charge in [-0.2, -0.15) is 8.75 Å². The summed E-state index contributed by atoms with van der Waals surface area (Å²) in [5.41, 5.74) is 4.35. The smallest absolute Gasteiger partial charge is 0.306 e. The number of carbonyl (C=O) groups is 1. The quantitative estimate of drug-likeness (QED) is 0.521. The van der Waals surface area contributed by atoms with Crippen molar-refractivity contribution in [2.45, 2.75) is 19.3 Å². The molecule has 2 aromatic heterocycles. The molecule has 4 rings (SSSR count). The van der Waals surface area contributed by atoms with Crippen molar-refractivity contribution in [3.63, 3.8) is 0 Å². The molecule has 2 aromatic carbocycles. The van der Waals surface area contributed by atoms with Crippen LogP contribution in [0.4, 0.5) is 0 Å². The Hall–Kier alpha value is -2.93. The van der Waals surface area contributed by atoms with Gasteiger partial charge in [0, 0.05) is 29.1 Å². The molecule has 26 heavy (non-hydrogen) atoms. The van der Waals surface area contributed by atoms with Crippen LogP contribution in [0.2, 0.25) is 0 Å². The van der Waals surface area contributed by atoms with E-state index in [4.69, 9.17) is 4.74 Å². The third kappa shape index (κ3) is 2.90. The van der Waals surface area contributed by atoms with Crippen molar-refractivity contribution >= 4 is 39.6 Å². The molecule has 7 heteroatoms. The number of H-pyrrole nitrogens is 1. The predicted octanol–water partition coefficient (Wildman–Crippen LogP) is 3.96. The van der Waals surface area contributed by atoms with Crippen LogP contribution in [0.1, 0.15) is 30.4 Å². The van der Waals surface area contributed by atoms with E-state index in [-0.39, 0.29) is 24.1 Å². The van der Waals surface area contributed by atoms with E-state index in [1.807, 2.05) is 30.5 Å². The first kappa shape index (κ1) is 16.5. The number of hydrogen-bond donors (Lipinski definition) is 2. The normalized spacial score (nSPS) is 12.5. The second kappa shape index (κ2) is 6.76. The Morgan fingerprint density at radius 2 is 2.15 bits per heavy atom. The zero-order valence-corrected chi connectivity index (χ0v) is 14.9. The summed E-state index contributed by atoms with van der Waals surface area (Å²) in [6.45, 7) is 2.14. The summed E-state index contributed by atoms with van der Waals surface area (Å²) in [4.78, 5) is 15.5. The third-order valence-electron chi connectivity index (χ3n) is 4.44. The molecule has 0 saturated carbocycles. The van der Waals surface area contributed by atoms with E-state index in [0.717, 1.165) is 44.8 Å². The van der Waals surface area contributed by atoms with Crippen molar-refractivity contribution < 1.29 is 14.6 Å². The molecule has 0 fully saturated rings. The summed E-state index contributed by atoms with van der Waals surface area (Å²) in [5, 5.41) is 10.7. The molecule has 0 saturated heterocycles. The summed E-state index contributed by atoms with van der Waals surface area (Å²) < 4.78 is 13.9. The lowest BCUT2D eigenvalue weighted by Crippen LogP contribution is -2.12. The Morgan fingerprint density at radius 1 is 1.27 bits per heavy atom. The van der Waals surface area contributed by atoms with Gasteiger partial charge in [0.1, 0.15) is 16.8 Å². The Labute approximate surface area is 153 Å². The van der Waals surface area contributed by atoms with Crippen LogP contribution >= 0.6 is 11.7 Å². The maximum atomic E-state index is 12.3. The summed E-state index contributed by atoms with van der Waals surface area (Å²) in [7, 11) is 0. The summed E-state index contributed by atoms with van der Waals surface area (Å²) in [6, 6.07) is 11.0. The number of aromatic nitrogens is 3. The van der Waals surface area contributed by atoms with Crippen molar-refractivity contribution in [2.24, 2.45) is 0 Å². The number of aromatic amines is 1. The van der Waals surface area contributed by atoms with Crippen molar-refractivity contribution in [1.29, 1.82) is 0 Å². The third-order valence-corrected chi connectivity index (χ3v) is 4.98. The average Bonchev–Trinajstić information content (AvgIpc) is 3.26. The molecule has 0 aliphatic heterocycles. The number of ether oxygens (including phenoxy) is 1. The minimum absolute atomic E-state index is 0.193. The van der Waals surface area contributed by atoms with Crippen molar-refractivity contribution in [2.75, 3.05) is 6.61 Å². The minimum atomic E-state index is -0.258. The lowest BCUT2D eigenvalue weighted by atomic mass is 9.87.